The van der Waals surface area contributed by atoms with Gasteiger partial charge in [0.2, 0.25) is 0 Å². The Morgan fingerprint density at radius 1 is 1.33 bits per heavy atom. The van der Waals surface area contributed by atoms with Gasteiger partial charge in [-0.05, 0) is 32.0 Å². The lowest BCUT2D eigenvalue weighted by atomic mass is 9.98. The molecule has 0 saturated carbocycles. The van der Waals surface area contributed by atoms with Gasteiger partial charge < -0.3 is 14.5 Å². The number of hydrogen-bond acceptors (Lipinski definition) is 3. The van der Waals surface area contributed by atoms with Crippen LogP contribution in [0.15, 0.2) is 16.5 Å². The molecule has 0 radical (unpaired) electrons. The Kier molecular flexibility index (Phi) is 3.80. The minimum absolute atomic E-state index is 0.571. The smallest absolute Gasteiger partial charge is 0.107 e. The van der Waals surface area contributed by atoms with Gasteiger partial charge in [0.05, 0.1) is 0 Å². The Labute approximate surface area is 90.8 Å². The van der Waals surface area contributed by atoms with E-state index in [-0.39, 0.29) is 0 Å². The van der Waals surface area contributed by atoms with Gasteiger partial charge in [-0.3, -0.25) is 0 Å². The van der Waals surface area contributed by atoms with Crippen LogP contribution in [0.5, 0.6) is 0 Å². The van der Waals surface area contributed by atoms with Gasteiger partial charge in [0.15, 0.2) is 0 Å². The second-order valence-corrected chi connectivity index (χ2v) is 4.04. The number of ether oxygens (including phenoxy) is 1. The Morgan fingerprint density at radius 3 is 2.87 bits per heavy atom. The van der Waals surface area contributed by atoms with Crippen LogP contribution in [0.3, 0.4) is 0 Å². The van der Waals surface area contributed by atoms with Crippen LogP contribution < -0.4 is 5.32 Å². The Hall–Kier alpha value is -0.800. The second kappa shape index (κ2) is 5.33. The quantitative estimate of drug-likeness (QED) is 0.823. The molecule has 15 heavy (non-hydrogen) atoms. The van der Waals surface area contributed by atoms with Crippen LogP contribution in [-0.2, 0) is 11.2 Å². The summed E-state index contributed by atoms with van der Waals surface area (Å²) in [6.45, 7) is 2.72. The summed E-state index contributed by atoms with van der Waals surface area (Å²) in [6, 6.07) is 4.23. The van der Waals surface area contributed by atoms with Gasteiger partial charge in [0.25, 0.3) is 0 Å². The minimum Gasteiger partial charge on any atom is -0.466 e. The van der Waals surface area contributed by atoms with Crippen LogP contribution in [0.1, 0.15) is 30.3 Å². The lowest BCUT2D eigenvalue weighted by molar-refractivity contribution is 0.0804. The summed E-state index contributed by atoms with van der Waals surface area (Å²) in [7, 11) is 1.96. The molecule has 0 aliphatic carbocycles. The number of likely N-dealkylation sites (N-methyl/N-ethyl adjacent to an activating group) is 1. The molecular formula is C12H19NO2. The maximum Gasteiger partial charge on any atom is 0.107 e. The van der Waals surface area contributed by atoms with E-state index in [1.165, 1.54) is 0 Å². The predicted octanol–water partition coefficient (Wildman–Crippen LogP) is 1.94. The van der Waals surface area contributed by atoms with E-state index in [0.29, 0.717) is 5.92 Å². The molecule has 1 aliphatic rings. The van der Waals surface area contributed by atoms with Gasteiger partial charge in [-0.2, -0.15) is 0 Å². The third-order valence-electron chi connectivity index (χ3n) is 2.93. The molecule has 1 N–H and O–H groups in total. The van der Waals surface area contributed by atoms with E-state index in [0.717, 1.165) is 50.5 Å². The van der Waals surface area contributed by atoms with Gasteiger partial charge in [-0.1, -0.05) is 0 Å². The van der Waals surface area contributed by atoms with Crippen molar-refractivity contribution in [2.45, 2.75) is 25.2 Å². The van der Waals surface area contributed by atoms with Crippen molar-refractivity contribution in [3.05, 3.63) is 23.7 Å². The number of rotatable bonds is 4. The zero-order valence-corrected chi connectivity index (χ0v) is 9.29. The van der Waals surface area contributed by atoms with Crippen LogP contribution in [-0.4, -0.2) is 26.8 Å². The molecule has 0 unspecified atom stereocenters. The van der Waals surface area contributed by atoms with E-state index in [2.05, 4.69) is 17.4 Å². The maximum atomic E-state index is 5.83. The molecule has 2 heterocycles. The van der Waals surface area contributed by atoms with Gasteiger partial charge >= 0.3 is 0 Å². The maximum absolute atomic E-state index is 5.83. The van der Waals surface area contributed by atoms with E-state index < -0.39 is 0 Å². The van der Waals surface area contributed by atoms with Gasteiger partial charge in [0.1, 0.15) is 11.5 Å². The van der Waals surface area contributed by atoms with Crippen molar-refractivity contribution in [1.82, 2.24) is 5.32 Å². The van der Waals surface area contributed by atoms with Gasteiger partial charge in [0, 0.05) is 32.1 Å². The molecule has 0 bridgehead atoms. The zero-order chi connectivity index (χ0) is 10.5. The van der Waals surface area contributed by atoms with Gasteiger partial charge in [-0.15, -0.1) is 0 Å². The molecule has 3 heteroatoms. The molecule has 0 aromatic carbocycles. The molecule has 1 saturated heterocycles. The van der Waals surface area contributed by atoms with Crippen molar-refractivity contribution in [3.63, 3.8) is 0 Å². The molecule has 0 spiro atoms. The summed E-state index contributed by atoms with van der Waals surface area (Å²) in [6.07, 6.45) is 3.16. The molecule has 2 rings (SSSR count). The van der Waals surface area contributed by atoms with E-state index >= 15 is 0 Å². The van der Waals surface area contributed by atoms with E-state index in [4.69, 9.17) is 9.15 Å². The van der Waals surface area contributed by atoms with Crippen LogP contribution in [0.2, 0.25) is 0 Å². The van der Waals surface area contributed by atoms with Crippen molar-refractivity contribution in [2.75, 3.05) is 26.8 Å². The highest BCUT2D eigenvalue weighted by Gasteiger charge is 2.18. The normalized spacial score (nSPS) is 18.2. The first-order chi connectivity index (χ1) is 7.40. The first-order valence-corrected chi connectivity index (χ1v) is 5.71. The second-order valence-electron chi connectivity index (χ2n) is 4.04. The summed E-state index contributed by atoms with van der Waals surface area (Å²) in [4.78, 5) is 0. The van der Waals surface area contributed by atoms with E-state index in [1.54, 1.807) is 0 Å². The monoisotopic (exact) mass is 209 g/mol. The SMILES string of the molecule is CNCCc1ccc(C2CCOCC2)o1. The molecule has 1 fully saturated rings. The fraction of sp³-hybridized carbons (Fsp3) is 0.667. The molecule has 84 valence electrons. The topological polar surface area (TPSA) is 34.4 Å². The first-order valence-electron chi connectivity index (χ1n) is 5.71. The first kappa shape index (κ1) is 10.7. The standard InChI is InChI=1S/C12H19NO2/c1-13-7-4-11-2-3-12(15-11)10-5-8-14-9-6-10/h2-3,10,13H,4-9H2,1H3. The largest absolute Gasteiger partial charge is 0.466 e. The highest BCUT2D eigenvalue weighted by atomic mass is 16.5. The lowest BCUT2D eigenvalue weighted by Crippen LogP contribution is -2.13. The minimum atomic E-state index is 0.571. The Balaban J connectivity index is 1.93. The van der Waals surface area contributed by atoms with Crippen molar-refractivity contribution < 1.29 is 9.15 Å². The zero-order valence-electron chi connectivity index (χ0n) is 9.29. The fourth-order valence-electron chi connectivity index (χ4n) is 1.98. The van der Waals surface area contributed by atoms with Crippen LogP contribution in [0, 0.1) is 0 Å². The van der Waals surface area contributed by atoms with Crippen molar-refractivity contribution >= 4 is 0 Å². The molecule has 1 aromatic heterocycles. The van der Waals surface area contributed by atoms with Crippen LogP contribution >= 0.6 is 0 Å². The highest BCUT2D eigenvalue weighted by Crippen LogP contribution is 2.28. The third kappa shape index (κ3) is 2.83. The fourth-order valence-corrected chi connectivity index (χ4v) is 1.98. The predicted molar refractivity (Wildman–Crippen MR) is 59.1 cm³/mol. The van der Waals surface area contributed by atoms with Crippen LogP contribution in [0.4, 0.5) is 0 Å². The number of nitrogens with one attached hydrogen (secondary N) is 1. The Morgan fingerprint density at radius 2 is 2.13 bits per heavy atom. The van der Waals surface area contributed by atoms with E-state index in [1.807, 2.05) is 7.05 Å². The molecule has 0 amide bonds. The average molecular weight is 209 g/mol. The third-order valence-corrected chi connectivity index (χ3v) is 2.93. The number of furan rings is 1. The summed E-state index contributed by atoms with van der Waals surface area (Å²) in [5, 5.41) is 3.12. The highest BCUT2D eigenvalue weighted by molar-refractivity contribution is 5.12. The van der Waals surface area contributed by atoms with Crippen LogP contribution in [0.25, 0.3) is 0 Å². The molecule has 1 aliphatic heterocycles. The van der Waals surface area contributed by atoms with E-state index in [9.17, 15) is 0 Å². The molecule has 3 nitrogen and oxygen atoms in total. The summed E-state index contributed by atoms with van der Waals surface area (Å²) >= 11 is 0. The molecule has 0 atom stereocenters. The summed E-state index contributed by atoms with van der Waals surface area (Å²) < 4.78 is 11.2. The molecule has 1 aromatic rings. The molecular weight excluding hydrogens is 190 g/mol. The lowest BCUT2D eigenvalue weighted by Gasteiger charge is -2.19. The van der Waals surface area contributed by atoms with Gasteiger partial charge in [-0.25, -0.2) is 0 Å². The van der Waals surface area contributed by atoms with Crippen molar-refractivity contribution in [1.29, 1.82) is 0 Å². The number of hydrogen-bond donors (Lipinski definition) is 1. The summed E-state index contributed by atoms with van der Waals surface area (Å²) in [5.74, 6) is 2.80. The summed E-state index contributed by atoms with van der Waals surface area (Å²) in [5.41, 5.74) is 0. The van der Waals surface area contributed by atoms with Crippen molar-refractivity contribution in [2.24, 2.45) is 0 Å². The average Bonchev–Trinajstić information content (AvgIpc) is 2.76. The van der Waals surface area contributed by atoms with Crippen molar-refractivity contribution in [3.8, 4) is 0 Å². The Bertz CT molecular complexity index is 290.